The Bertz CT molecular complexity index is 1100. The Kier molecular flexibility index (Phi) is 9.13. The fraction of sp³-hybridized carbons (Fsp3) is 0.757. The van der Waals surface area contributed by atoms with Gasteiger partial charge in [0, 0.05) is 23.9 Å². The van der Waals surface area contributed by atoms with Crippen LogP contribution >= 0.6 is 0 Å². The Morgan fingerprint density at radius 3 is 2.56 bits per heavy atom. The third-order valence-corrected chi connectivity index (χ3v) is 12.3. The molecule has 4 aliphatic rings. The molecule has 1 aromatic rings. The number of ether oxygens (including phenoxy) is 1. The molecule has 4 heteroatoms. The third-order valence-electron chi connectivity index (χ3n) is 12.3. The summed E-state index contributed by atoms with van der Waals surface area (Å²) in [7, 11) is 0. The first kappa shape index (κ1) is 30.8. The van der Waals surface area contributed by atoms with Crippen LogP contribution in [0.4, 0.5) is 0 Å². The van der Waals surface area contributed by atoms with Crippen molar-refractivity contribution < 1.29 is 14.6 Å². The molecular formula is C37H57NO3. The van der Waals surface area contributed by atoms with Gasteiger partial charge in [-0.15, -0.1) is 0 Å². The van der Waals surface area contributed by atoms with Crippen LogP contribution in [-0.4, -0.2) is 29.1 Å². The number of carbonyl (C=O) groups excluding carboxylic acids is 1. The first-order valence-corrected chi connectivity index (χ1v) is 17.0. The van der Waals surface area contributed by atoms with Gasteiger partial charge in [-0.3, -0.25) is 4.79 Å². The molecule has 0 amide bonds. The molecule has 4 aliphatic carbocycles. The van der Waals surface area contributed by atoms with Gasteiger partial charge < -0.3 is 15.2 Å². The summed E-state index contributed by atoms with van der Waals surface area (Å²) >= 11 is 0. The number of hydrogen-bond acceptors (Lipinski definition) is 4. The van der Waals surface area contributed by atoms with E-state index in [0.717, 1.165) is 70.0 Å². The lowest BCUT2D eigenvalue weighted by Gasteiger charge is -2.59. The molecule has 7 atom stereocenters. The van der Waals surface area contributed by atoms with Crippen LogP contribution in [0, 0.1) is 34.5 Å². The summed E-state index contributed by atoms with van der Waals surface area (Å²) in [5, 5.41) is 15.8. The maximum absolute atomic E-state index is 12.4. The van der Waals surface area contributed by atoms with Crippen molar-refractivity contribution in [1.29, 1.82) is 0 Å². The van der Waals surface area contributed by atoms with E-state index in [0.29, 0.717) is 54.6 Å². The molecule has 0 aromatic heterocycles. The number of aliphatic hydroxyl groups is 1. The summed E-state index contributed by atoms with van der Waals surface area (Å²) < 4.78 is 6.52. The zero-order valence-corrected chi connectivity index (χ0v) is 26.8. The maximum Gasteiger partial charge on any atom is 0.155 e. The first-order chi connectivity index (χ1) is 19.5. The van der Waals surface area contributed by atoms with Crippen LogP contribution in [0.3, 0.4) is 0 Å². The summed E-state index contributed by atoms with van der Waals surface area (Å²) in [5.41, 5.74) is 2.07. The van der Waals surface area contributed by atoms with E-state index in [9.17, 15) is 9.90 Å². The third kappa shape index (κ3) is 5.81. The Morgan fingerprint density at radius 1 is 1.05 bits per heavy atom. The van der Waals surface area contributed by atoms with Gasteiger partial charge in [0.2, 0.25) is 0 Å². The van der Waals surface area contributed by atoms with E-state index in [4.69, 9.17) is 4.74 Å². The van der Waals surface area contributed by atoms with Gasteiger partial charge in [-0.1, -0.05) is 58.7 Å². The lowest BCUT2D eigenvalue weighted by Crippen LogP contribution is -2.55. The van der Waals surface area contributed by atoms with Gasteiger partial charge in [0.25, 0.3) is 0 Å². The van der Waals surface area contributed by atoms with Crippen LogP contribution in [0.5, 0.6) is 5.75 Å². The van der Waals surface area contributed by atoms with E-state index in [1.165, 1.54) is 17.6 Å². The lowest BCUT2D eigenvalue weighted by atomic mass is 9.46. The minimum absolute atomic E-state index is 0.0635. The minimum atomic E-state index is -0.651. The molecule has 0 radical (unpaired) electrons. The molecule has 0 aliphatic heterocycles. The highest BCUT2D eigenvalue weighted by atomic mass is 16.5. The smallest absolute Gasteiger partial charge is 0.155 e. The summed E-state index contributed by atoms with van der Waals surface area (Å²) in [6, 6.07) is 9.63. The summed E-state index contributed by atoms with van der Waals surface area (Å²) in [4.78, 5) is 12.4. The second kappa shape index (κ2) is 12.2. The van der Waals surface area contributed by atoms with Crippen LogP contribution in [0.1, 0.15) is 130 Å². The zero-order chi connectivity index (χ0) is 29.4. The zero-order valence-electron chi connectivity index (χ0n) is 26.8. The lowest BCUT2D eigenvalue weighted by molar-refractivity contribution is -0.134. The van der Waals surface area contributed by atoms with Crippen molar-refractivity contribution in [2.75, 3.05) is 6.61 Å². The van der Waals surface area contributed by atoms with Crippen molar-refractivity contribution >= 4 is 5.78 Å². The molecule has 3 fully saturated rings. The van der Waals surface area contributed by atoms with Gasteiger partial charge in [0.05, 0.1) is 12.2 Å². The van der Waals surface area contributed by atoms with Crippen LogP contribution in [0.25, 0.3) is 0 Å². The van der Waals surface area contributed by atoms with Gasteiger partial charge in [-0.05, 0) is 124 Å². The molecule has 3 saturated carbocycles. The molecule has 0 spiro atoms. The number of nitrogens with one attached hydrogen (secondary N) is 1. The van der Waals surface area contributed by atoms with Gasteiger partial charge in [0.15, 0.2) is 5.78 Å². The van der Waals surface area contributed by atoms with E-state index in [2.05, 4.69) is 71.1 Å². The molecule has 41 heavy (non-hydrogen) atoms. The molecule has 5 rings (SSSR count). The van der Waals surface area contributed by atoms with Crippen molar-refractivity contribution in [2.24, 2.45) is 34.5 Å². The number of hydrogen-bond donors (Lipinski definition) is 2. The SMILES string of the molecule is CCCC(NC(CC)CC)c1cccc(OCC[C@]23CCC4C5CCC(=O)C=C5C(C)(C)CC4C2CC[C@]3(C)O)c1. The highest BCUT2D eigenvalue weighted by Crippen LogP contribution is 2.68. The number of benzene rings is 1. The highest BCUT2D eigenvalue weighted by Gasteiger charge is 2.64. The molecule has 0 bridgehead atoms. The number of fused-ring (bicyclic) bond motifs is 5. The standard InChI is InChI=1S/C37H57NO3/c1-7-11-34(38-26(8-2)9-3)25-12-10-13-28(22-25)41-21-20-37-19-16-29-30-15-14-27(39)23-33(30)35(4,5)24-31(29)32(37)17-18-36(37,6)40/h10,12-13,22-23,26,29-32,34,38,40H,7-9,11,14-21,24H2,1-6H3/t29?,30?,31?,32?,34?,36-,37+/m0/s1. The highest BCUT2D eigenvalue weighted by molar-refractivity contribution is 5.91. The van der Waals surface area contributed by atoms with Gasteiger partial charge in [-0.25, -0.2) is 0 Å². The molecular weight excluding hydrogens is 506 g/mol. The summed E-state index contributed by atoms with van der Waals surface area (Å²) in [6.45, 7) is 14.3. The van der Waals surface area contributed by atoms with E-state index in [-0.39, 0.29) is 10.8 Å². The Labute approximate surface area is 250 Å². The van der Waals surface area contributed by atoms with E-state index in [1.54, 1.807) is 0 Å². The number of allylic oxidation sites excluding steroid dienone is 1. The second-order valence-corrected chi connectivity index (χ2v) is 14.9. The van der Waals surface area contributed by atoms with Crippen LogP contribution in [0.2, 0.25) is 0 Å². The Hall–Kier alpha value is -1.65. The molecule has 5 unspecified atom stereocenters. The average Bonchev–Trinajstić information content (AvgIpc) is 3.21. The fourth-order valence-electron chi connectivity index (χ4n) is 10.0. The molecule has 4 nitrogen and oxygen atoms in total. The predicted octanol–water partition coefficient (Wildman–Crippen LogP) is 8.58. The Morgan fingerprint density at radius 2 is 1.83 bits per heavy atom. The monoisotopic (exact) mass is 563 g/mol. The molecule has 0 heterocycles. The number of rotatable bonds is 11. The number of ketones is 1. The average molecular weight is 564 g/mol. The van der Waals surface area contributed by atoms with Gasteiger partial charge >= 0.3 is 0 Å². The van der Waals surface area contributed by atoms with E-state index < -0.39 is 5.60 Å². The minimum Gasteiger partial charge on any atom is -0.494 e. The maximum atomic E-state index is 12.4. The first-order valence-electron chi connectivity index (χ1n) is 17.0. The van der Waals surface area contributed by atoms with Crippen molar-refractivity contribution in [3.63, 3.8) is 0 Å². The topological polar surface area (TPSA) is 58.6 Å². The normalized spacial score (nSPS) is 34.9. The molecule has 2 N–H and O–H groups in total. The summed E-state index contributed by atoms with van der Waals surface area (Å²) in [6.07, 6.45) is 14.6. The molecule has 1 aromatic carbocycles. The molecule has 228 valence electrons. The van der Waals surface area contributed by atoms with Crippen LogP contribution < -0.4 is 10.1 Å². The van der Waals surface area contributed by atoms with Crippen molar-refractivity contribution in [3.05, 3.63) is 41.5 Å². The second-order valence-electron chi connectivity index (χ2n) is 14.9. The number of carbonyl (C=O) groups is 1. The largest absolute Gasteiger partial charge is 0.494 e. The van der Waals surface area contributed by atoms with Crippen LogP contribution in [-0.2, 0) is 4.79 Å². The van der Waals surface area contributed by atoms with E-state index >= 15 is 0 Å². The van der Waals surface area contributed by atoms with Gasteiger partial charge in [0.1, 0.15) is 5.75 Å². The molecule has 0 saturated heterocycles. The van der Waals surface area contributed by atoms with E-state index in [1.807, 2.05) is 6.08 Å². The fourth-order valence-corrected chi connectivity index (χ4v) is 10.0. The van der Waals surface area contributed by atoms with Gasteiger partial charge in [-0.2, -0.15) is 0 Å². The summed E-state index contributed by atoms with van der Waals surface area (Å²) in [5.74, 6) is 3.64. The quantitative estimate of drug-likeness (QED) is 0.283. The predicted molar refractivity (Wildman–Crippen MR) is 168 cm³/mol. The van der Waals surface area contributed by atoms with Crippen molar-refractivity contribution in [2.45, 2.75) is 136 Å². The van der Waals surface area contributed by atoms with Crippen LogP contribution in [0.15, 0.2) is 35.9 Å². The van der Waals surface area contributed by atoms with Crippen molar-refractivity contribution in [3.8, 4) is 5.75 Å². The Balaban J connectivity index is 1.31. The van der Waals surface area contributed by atoms with Crippen molar-refractivity contribution in [1.82, 2.24) is 5.32 Å².